The summed E-state index contributed by atoms with van der Waals surface area (Å²) >= 11 is 1.33. The summed E-state index contributed by atoms with van der Waals surface area (Å²) in [5.74, 6) is -2.27. The van der Waals surface area contributed by atoms with E-state index in [0.717, 1.165) is 48.4 Å². The van der Waals surface area contributed by atoms with Crippen LogP contribution in [0.2, 0.25) is 0 Å². The van der Waals surface area contributed by atoms with E-state index in [1.54, 1.807) is 0 Å². The molecule has 0 fully saturated rings. The third-order valence-corrected chi connectivity index (χ3v) is 5.31. The topological polar surface area (TPSA) is 135 Å². The smallest absolute Gasteiger partial charge is 0.329 e. The van der Waals surface area contributed by atoms with Crippen molar-refractivity contribution >= 4 is 34.4 Å². The van der Waals surface area contributed by atoms with Crippen LogP contribution in [0.5, 0.6) is 11.5 Å². The fourth-order valence-electron chi connectivity index (χ4n) is 2.78. The minimum absolute atomic E-state index is 0.111. The highest BCUT2D eigenvalue weighted by Gasteiger charge is 2.23. The minimum Gasteiger partial charge on any atom is -0.508 e. The number of anilines is 1. The average Bonchev–Trinajstić information content (AvgIpc) is 3.00. The number of aromatic hydroxyl groups is 2. The lowest BCUT2D eigenvalue weighted by Gasteiger charge is -2.09. The molecule has 4 N–H and O–H groups in total. The van der Waals surface area contributed by atoms with Crippen LogP contribution in [0.25, 0.3) is 0 Å². The Labute approximate surface area is 158 Å². The van der Waals surface area contributed by atoms with E-state index in [2.05, 4.69) is 21.9 Å². The fraction of sp³-hybridized carbons (Fsp3) is 0.222. The van der Waals surface area contributed by atoms with Gasteiger partial charge in [0.2, 0.25) is 0 Å². The molecule has 3 rings (SSSR count). The molecular formula is C18H16N4O4S. The van der Waals surface area contributed by atoms with E-state index in [9.17, 15) is 25.1 Å². The summed E-state index contributed by atoms with van der Waals surface area (Å²) in [6.45, 7) is 0. The number of hydrazone groups is 1. The second-order valence-corrected chi connectivity index (χ2v) is 7.03. The molecule has 1 aliphatic carbocycles. The molecule has 0 spiro atoms. The first-order chi connectivity index (χ1) is 13.0. The molecule has 1 aromatic heterocycles. The second kappa shape index (κ2) is 7.88. The number of carbonyl (C=O) groups excluding carboxylic acids is 2. The predicted molar refractivity (Wildman–Crippen MR) is 99.8 cm³/mol. The third-order valence-electron chi connectivity index (χ3n) is 4.10. The van der Waals surface area contributed by atoms with Crippen molar-refractivity contribution in [2.24, 2.45) is 5.10 Å². The van der Waals surface area contributed by atoms with E-state index < -0.39 is 11.8 Å². The van der Waals surface area contributed by atoms with Crippen LogP contribution in [0.1, 0.15) is 34.4 Å². The number of hydrogen-bond donors (Lipinski definition) is 4. The highest BCUT2D eigenvalue weighted by Crippen LogP contribution is 2.37. The molecule has 0 saturated carbocycles. The number of hydrogen-bond acceptors (Lipinski definition) is 7. The molecule has 0 bridgehead atoms. The lowest BCUT2D eigenvalue weighted by molar-refractivity contribution is -0.136. The van der Waals surface area contributed by atoms with E-state index in [4.69, 9.17) is 0 Å². The van der Waals surface area contributed by atoms with Gasteiger partial charge in [-0.2, -0.15) is 10.4 Å². The van der Waals surface area contributed by atoms with Gasteiger partial charge in [-0.05, 0) is 43.4 Å². The van der Waals surface area contributed by atoms with Crippen LogP contribution in [0.4, 0.5) is 5.00 Å². The van der Waals surface area contributed by atoms with Crippen LogP contribution in [0.15, 0.2) is 23.3 Å². The zero-order chi connectivity index (χ0) is 19.4. The Morgan fingerprint density at radius 3 is 2.74 bits per heavy atom. The number of thiophene rings is 1. The van der Waals surface area contributed by atoms with Crippen LogP contribution >= 0.6 is 11.3 Å². The quantitative estimate of drug-likeness (QED) is 0.365. The highest BCUT2D eigenvalue weighted by atomic mass is 32.1. The largest absolute Gasteiger partial charge is 0.508 e. The van der Waals surface area contributed by atoms with Crippen molar-refractivity contribution in [3.05, 3.63) is 39.8 Å². The van der Waals surface area contributed by atoms with Crippen LogP contribution in [-0.4, -0.2) is 28.2 Å². The summed E-state index contributed by atoms with van der Waals surface area (Å²) in [4.78, 5) is 25.0. The Balaban J connectivity index is 1.65. The second-order valence-electron chi connectivity index (χ2n) is 5.92. The van der Waals surface area contributed by atoms with Crippen molar-refractivity contribution in [2.75, 3.05) is 5.32 Å². The number of carbonyl (C=O) groups is 2. The Bertz CT molecular complexity index is 974. The predicted octanol–water partition coefficient (Wildman–Crippen LogP) is 2.00. The monoisotopic (exact) mass is 384 g/mol. The van der Waals surface area contributed by atoms with Crippen molar-refractivity contribution < 1.29 is 19.8 Å². The van der Waals surface area contributed by atoms with Gasteiger partial charge in [0.1, 0.15) is 22.6 Å². The Kier molecular flexibility index (Phi) is 5.38. The number of nitrogens with one attached hydrogen (secondary N) is 2. The van der Waals surface area contributed by atoms with Gasteiger partial charge >= 0.3 is 11.8 Å². The van der Waals surface area contributed by atoms with Gasteiger partial charge in [-0.15, -0.1) is 11.3 Å². The molecule has 0 radical (unpaired) electrons. The summed E-state index contributed by atoms with van der Waals surface area (Å²) in [7, 11) is 0. The molecule has 0 atom stereocenters. The van der Waals surface area contributed by atoms with E-state index in [1.807, 2.05) is 0 Å². The number of nitrogens with zero attached hydrogens (tertiary/aromatic N) is 2. The van der Waals surface area contributed by atoms with Gasteiger partial charge in [-0.25, -0.2) is 5.43 Å². The van der Waals surface area contributed by atoms with E-state index in [-0.39, 0.29) is 17.1 Å². The van der Waals surface area contributed by atoms with Crippen molar-refractivity contribution in [1.82, 2.24) is 5.43 Å². The summed E-state index contributed by atoms with van der Waals surface area (Å²) < 4.78 is 0. The van der Waals surface area contributed by atoms with Crippen LogP contribution in [0, 0.1) is 11.3 Å². The van der Waals surface area contributed by atoms with Gasteiger partial charge in [-0.1, -0.05) is 0 Å². The minimum atomic E-state index is -1.00. The number of benzene rings is 1. The van der Waals surface area contributed by atoms with Gasteiger partial charge < -0.3 is 15.5 Å². The normalized spacial score (nSPS) is 13.0. The first-order valence-electron chi connectivity index (χ1n) is 8.20. The van der Waals surface area contributed by atoms with Crippen LogP contribution in [0.3, 0.4) is 0 Å². The average molecular weight is 384 g/mol. The SMILES string of the molecule is N#Cc1c(NC(=O)C(=O)NN=Cc2ccc(O)cc2O)sc2c1CCCC2. The van der Waals surface area contributed by atoms with Gasteiger partial charge in [0.25, 0.3) is 0 Å². The van der Waals surface area contributed by atoms with E-state index in [0.29, 0.717) is 10.6 Å². The summed E-state index contributed by atoms with van der Waals surface area (Å²) in [6, 6.07) is 5.98. The number of fused-ring (bicyclic) bond motifs is 1. The van der Waals surface area contributed by atoms with Gasteiger partial charge in [0.05, 0.1) is 11.8 Å². The maximum Gasteiger partial charge on any atom is 0.329 e. The first-order valence-corrected chi connectivity index (χ1v) is 9.02. The van der Waals surface area contributed by atoms with Crippen molar-refractivity contribution in [3.8, 4) is 17.6 Å². The van der Waals surface area contributed by atoms with Gasteiger partial charge in [-0.3, -0.25) is 9.59 Å². The van der Waals surface area contributed by atoms with Crippen LogP contribution < -0.4 is 10.7 Å². The van der Waals surface area contributed by atoms with Crippen LogP contribution in [-0.2, 0) is 22.4 Å². The molecule has 1 heterocycles. The summed E-state index contributed by atoms with van der Waals surface area (Å²) in [6.07, 6.45) is 4.87. The molecular weight excluding hydrogens is 368 g/mol. The molecule has 1 aromatic carbocycles. The number of phenolic OH excluding ortho intramolecular Hbond substituents is 2. The highest BCUT2D eigenvalue weighted by molar-refractivity contribution is 7.16. The zero-order valence-corrected chi connectivity index (χ0v) is 15.0. The molecule has 2 amide bonds. The fourth-order valence-corrected chi connectivity index (χ4v) is 4.02. The molecule has 9 heteroatoms. The molecule has 27 heavy (non-hydrogen) atoms. The molecule has 2 aromatic rings. The van der Waals surface area contributed by atoms with Crippen molar-refractivity contribution in [3.63, 3.8) is 0 Å². The van der Waals surface area contributed by atoms with Crippen molar-refractivity contribution in [2.45, 2.75) is 25.7 Å². The van der Waals surface area contributed by atoms with E-state index >= 15 is 0 Å². The Morgan fingerprint density at radius 1 is 1.22 bits per heavy atom. The maximum atomic E-state index is 12.1. The Hall–Kier alpha value is -3.38. The molecule has 8 nitrogen and oxygen atoms in total. The number of nitriles is 1. The molecule has 138 valence electrons. The van der Waals surface area contributed by atoms with Gasteiger partial charge in [0.15, 0.2) is 0 Å². The summed E-state index contributed by atoms with van der Waals surface area (Å²) in [5, 5.41) is 34.7. The molecule has 0 aliphatic heterocycles. The maximum absolute atomic E-state index is 12.1. The molecule has 1 aliphatic rings. The summed E-state index contributed by atoms with van der Waals surface area (Å²) in [5.41, 5.74) is 3.70. The Morgan fingerprint density at radius 2 is 2.00 bits per heavy atom. The standard InChI is InChI=1S/C18H16N4O4S/c19-8-13-12-3-1-2-4-15(12)27-18(13)21-16(25)17(26)22-20-9-10-5-6-11(23)7-14(10)24/h5-7,9,23-24H,1-4H2,(H,21,25)(H,22,26). The molecule has 0 unspecified atom stereocenters. The van der Waals surface area contributed by atoms with Gasteiger partial charge in [0, 0.05) is 16.5 Å². The zero-order valence-electron chi connectivity index (χ0n) is 14.2. The molecule has 0 saturated heterocycles. The first kappa shape index (κ1) is 18.4. The number of rotatable bonds is 3. The lowest BCUT2D eigenvalue weighted by Crippen LogP contribution is -2.32. The van der Waals surface area contributed by atoms with E-state index in [1.165, 1.54) is 23.5 Å². The number of phenols is 2. The number of aryl methyl sites for hydroxylation is 1. The number of amides is 2. The van der Waals surface area contributed by atoms with Crippen molar-refractivity contribution in [1.29, 1.82) is 5.26 Å². The third kappa shape index (κ3) is 4.07. The lowest BCUT2D eigenvalue weighted by atomic mass is 9.96.